The number of fused-ring (bicyclic) bond motifs is 1. The van der Waals surface area contributed by atoms with Crippen molar-refractivity contribution in [3.8, 4) is 11.1 Å². The van der Waals surface area contributed by atoms with Crippen molar-refractivity contribution in [3.63, 3.8) is 0 Å². The van der Waals surface area contributed by atoms with E-state index in [2.05, 4.69) is 4.90 Å². The number of nitrogens with zero attached hydrogens (tertiary/aromatic N) is 2. The fraction of sp³-hybridized carbons (Fsp3) is 0.286. The highest BCUT2D eigenvalue weighted by molar-refractivity contribution is 5.89. The fourth-order valence-electron chi connectivity index (χ4n) is 5.39. The van der Waals surface area contributed by atoms with Gasteiger partial charge in [-0.3, -0.25) is 9.69 Å². The van der Waals surface area contributed by atoms with Crippen LogP contribution in [0.5, 0.6) is 0 Å². The van der Waals surface area contributed by atoms with Gasteiger partial charge in [0.15, 0.2) is 0 Å². The Morgan fingerprint density at radius 1 is 1.06 bits per heavy atom. The predicted molar refractivity (Wildman–Crippen MR) is 129 cm³/mol. The van der Waals surface area contributed by atoms with Crippen LogP contribution >= 0.6 is 0 Å². The fourth-order valence-corrected chi connectivity index (χ4v) is 5.39. The molecule has 2 saturated heterocycles. The standard InChI is InChI=1S/C28H27FN2O4/c1-35-28(34)21-8-6-18(7-9-21)14-30-15-24-27(25(17-32)31(24)26(33)16-30)20-12-10-19(11-13-20)22-4-2-3-5-23(22)29/h2-13,24-25,27,32H,14-17H2,1H3/t24-,25-,27+/m0/s1. The first-order valence-electron chi connectivity index (χ1n) is 11.7. The highest BCUT2D eigenvalue weighted by Crippen LogP contribution is 2.43. The summed E-state index contributed by atoms with van der Waals surface area (Å²) in [7, 11) is 1.35. The zero-order valence-corrected chi connectivity index (χ0v) is 19.4. The molecule has 180 valence electrons. The van der Waals surface area contributed by atoms with Crippen LogP contribution in [-0.4, -0.2) is 65.7 Å². The van der Waals surface area contributed by atoms with Crippen LogP contribution in [0.1, 0.15) is 27.4 Å². The molecule has 2 aliphatic rings. The van der Waals surface area contributed by atoms with Gasteiger partial charge in [0.25, 0.3) is 0 Å². The number of rotatable bonds is 6. The Bertz CT molecular complexity index is 1230. The van der Waals surface area contributed by atoms with Gasteiger partial charge in [0.2, 0.25) is 5.91 Å². The number of halogens is 1. The topological polar surface area (TPSA) is 70.1 Å². The molecule has 7 heteroatoms. The molecule has 0 bridgehead atoms. The molecule has 3 aromatic rings. The first-order chi connectivity index (χ1) is 17.0. The molecule has 5 rings (SSSR count). The number of carbonyl (C=O) groups is 2. The van der Waals surface area contributed by atoms with Crippen molar-refractivity contribution in [3.05, 3.63) is 95.3 Å². The van der Waals surface area contributed by atoms with E-state index in [1.165, 1.54) is 13.2 Å². The average Bonchev–Trinajstić information content (AvgIpc) is 2.86. The summed E-state index contributed by atoms with van der Waals surface area (Å²) in [5, 5.41) is 10.0. The number of methoxy groups -OCH3 is 1. The van der Waals surface area contributed by atoms with Gasteiger partial charge in [0.1, 0.15) is 5.82 Å². The second kappa shape index (κ2) is 9.60. The molecule has 2 aliphatic heterocycles. The first kappa shape index (κ1) is 23.2. The third-order valence-electron chi connectivity index (χ3n) is 7.08. The number of aliphatic hydroxyl groups excluding tert-OH is 1. The molecule has 0 saturated carbocycles. The van der Waals surface area contributed by atoms with Crippen LogP contribution in [0.2, 0.25) is 0 Å². The molecule has 0 radical (unpaired) electrons. The average molecular weight is 475 g/mol. The molecule has 2 heterocycles. The van der Waals surface area contributed by atoms with Gasteiger partial charge in [-0.15, -0.1) is 0 Å². The third-order valence-corrected chi connectivity index (χ3v) is 7.08. The maximum absolute atomic E-state index is 14.2. The van der Waals surface area contributed by atoms with Crippen LogP contribution in [0.25, 0.3) is 11.1 Å². The summed E-state index contributed by atoms with van der Waals surface area (Å²) in [5.41, 5.74) is 3.86. The van der Waals surface area contributed by atoms with Gasteiger partial charge in [0.05, 0.1) is 37.9 Å². The van der Waals surface area contributed by atoms with Gasteiger partial charge in [-0.2, -0.15) is 0 Å². The van der Waals surface area contributed by atoms with Crippen LogP contribution in [-0.2, 0) is 16.1 Å². The van der Waals surface area contributed by atoms with Gasteiger partial charge in [-0.1, -0.05) is 54.6 Å². The molecule has 0 aromatic heterocycles. The van der Waals surface area contributed by atoms with Gasteiger partial charge in [-0.05, 0) is 34.9 Å². The van der Waals surface area contributed by atoms with Gasteiger partial charge in [-0.25, -0.2) is 9.18 Å². The minimum atomic E-state index is -0.381. The van der Waals surface area contributed by atoms with Crippen molar-refractivity contribution in [2.75, 3.05) is 26.8 Å². The normalized spacial score (nSPS) is 21.9. The van der Waals surface area contributed by atoms with E-state index in [0.29, 0.717) is 24.2 Å². The highest BCUT2D eigenvalue weighted by atomic mass is 19.1. The second-order valence-corrected chi connectivity index (χ2v) is 9.10. The van der Waals surface area contributed by atoms with Crippen molar-refractivity contribution in [2.45, 2.75) is 24.5 Å². The lowest BCUT2D eigenvalue weighted by molar-refractivity contribution is -0.162. The Morgan fingerprint density at radius 3 is 2.43 bits per heavy atom. The van der Waals surface area contributed by atoms with E-state index in [0.717, 1.165) is 16.7 Å². The predicted octanol–water partition coefficient (Wildman–Crippen LogP) is 3.45. The monoisotopic (exact) mass is 474 g/mol. The van der Waals surface area contributed by atoms with Crippen LogP contribution < -0.4 is 0 Å². The van der Waals surface area contributed by atoms with Gasteiger partial charge < -0.3 is 14.7 Å². The number of esters is 1. The lowest BCUT2D eigenvalue weighted by Crippen LogP contribution is -2.72. The lowest BCUT2D eigenvalue weighted by Gasteiger charge is -2.59. The zero-order chi connectivity index (χ0) is 24.5. The van der Waals surface area contributed by atoms with Crippen LogP contribution in [0.4, 0.5) is 4.39 Å². The Hall–Kier alpha value is -3.55. The molecule has 0 spiro atoms. The van der Waals surface area contributed by atoms with E-state index < -0.39 is 0 Å². The van der Waals surface area contributed by atoms with E-state index in [4.69, 9.17) is 4.74 Å². The summed E-state index contributed by atoms with van der Waals surface area (Å²) < 4.78 is 18.9. The largest absolute Gasteiger partial charge is 0.465 e. The number of ether oxygens (including phenoxy) is 1. The first-order valence-corrected chi connectivity index (χ1v) is 11.7. The molecule has 0 aliphatic carbocycles. The molecule has 35 heavy (non-hydrogen) atoms. The molecule has 3 aromatic carbocycles. The summed E-state index contributed by atoms with van der Waals surface area (Å²) in [5.74, 6) is -0.640. The number of aliphatic hydroxyl groups is 1. The Morgan fingerprint density at radius 2 is 1.77 bits per heavy atom. The summed E-state index contributed by atoms with van der Waals surface area (Å²) >= 11 is 0. The molecule has 6 nitrogen and oxygen atoms in total. The van der Waals surface area contributed by atoms with E-state index >= 15 is 0 Å². The van der Waals surface area contributed by atoms with E-state index in [1.54, 1.807) is 24.3 Å². The van der Waals surface area contributed by atoms with Gasteiger partial charge in [0, 0.05) is 24.6 Å². The number of hydrogen-bond acceptors (Lipinski definition) is 5. The zero-order valence-electron chi connectivity index (χ0n) is 19.4. The van der Waals surface area contributed by atoms with Crippen molar-refractivity contribution >= 4 is 11.9 Å². The van der Waals surface area contributed by atoms with E-state index in [-0.39, 0.29) is 48.8 Å². The minimum Gasteiger partial charge on any atom is -0.465 e. The summed E-state index contributed by atoms with van der Waals surface area (Å²) in [4.78, 5) is 28.5. The summed E-state index contributed by atoms with van der Waals surface area (Å²) in [6.45, 7) is 1.45. The Labute approximate surface area is 203 Å². The third kappa shape index (κ3) is 4.33. The molecule has 1 amide bonds. The van der Waals surface area contributed by atoms with Gasteiger partial charge >= 0.3 is 5.97 Å². The number of benzene rings is 3. The molecular weight excluding hydrogens is 447 g/mol. The number of carbonyl (C=O) groups excluding carboxylic acids is 2. The lowest BCUT2D eigenvalue weighted by atomic mass is 9.73. The van der Waals surface area contributed by atoms with Crippen LogP contribution in [0.3, 0.4) is 0 Å². The van der Waals surface area contributed by atoms with Crippen molar-refractivity contribution < 1.29 is 23.8 Å². The smallest absolute Gasteiger partial charge is 0.337 e. The van der Waals surface area contributed by atoms with Crippen molar-refractivity contribution in [2.24, 2.45) is 0 Å². The van der Waals surface area contributed by atoms with E-state index in [9.17, 15) is 19.1 Å². The van der Waals surface area contributed by atoms with Crippen LogP contribution in [0, 0.1) is 5.82 Å². The molecule has 0 unspecified atom stereocenters. The van der Waals surface area contributed by atoms with Crippen LogP contribution in [0.15, 0.2) is 72.8 Å². The minimum absolute atomic E-state index is 0.00289. The van der Waals surface area contributed by atoms with Crippen molar-refractivity contribution in [1.82, 2.24) is 9.80 Å². The number of piperazine rings is 1. The molecular formula is C28H27FN2O4. The van der Waals surface area contributed by atoms with Crippen molar-refractivity contribution in [1.29, 1.82) is 0 Å². The number of hydrogen-bond donors (Lipinski definition) is 1. The quantitative estimate of drug-likeness (QED) is 0.555. The Kier molecular flexibility index (Phi) is 6.36. The maximum atomic E-state index is 14.2. The number of amides is 1. The molecule has 2 fully saturated rings. The second-order valence-electron chi connectivity index (χ2n) is 9.10. The molecule has 1 N–H and O–H groups in total. The Balaban J connectivity index is 1.32. The summed E-state index contributed by atoms with van der Waals surface area (Å²) in [6, 6.07) is 21.3. The summed E-state index contributed by atoms with van der Waals surface area (Å²) in [6.07, 6.45) is 0. The molecule has 3 atom stereocenters. The maximum Gasteiger partial charge on any atom is 0.337 e. The highest BCUT2D eigenvalue weighted by Gasteiger charge is 2.53. The SMILES string of the molecule is COC(=O)c1ccc(CN2CC(=O)N3[C@@H](CO)[C@H](c4ccc(-c5ccccc5F)cc4)[C@@H]3C2)cc1. The van der Waals surface area contributed by atoms with E-state index in [1.807, 2.05) is 47.4 Å².